The molecule has 1 heterocycles. The molecule has 0 aliphatic carbocycles. The van der Waals surface area contributed by atoms with Crippen LogP contribution in [0.2, 0.25) is 0 Å². The molecule has 0 saturated carbocycles. The van der Waals surface area contributed by atoms with Crippen LogP contribution in [-0.4, -0.2) is 4.98 Å². The third kappa shape index (κ3) is 2.88. The Balaban J connectivity index is 0.000000640. The topological polar surface area (TPSA) is 12.9 Å². The fourth-order valence-corrected chi connectivity index (χ4v) is 0.432. The van der Waals surface area contributed by atoms with Crippen LogP contribution in [-0.2, 0) is 32.7 Å². The van der Waals surface area contributed by atoms with Gasteiger partial charge in [-0.1, -0.05) is 6.20 Å². The van der Waals surface area contributed by atoms with Crippen molar-refractivity contribution in [3.05, 3.63) is 36.7 Å². The van der Waals surface area contributed by atoms with Crippen LogP contribution in [0, 0.1) is 12.8 Å². The first kappa shape index (κ1) is 8.99. The normalized spacial score (nSPS) is 7.56. The van der Waals surface area contributed by atoms with Gasteiger partial charge in [-0.15, -0.1) is 12.3 Å². The minimum absolute atomic E-state index is 0. The predicted molar refractivity (Wildman–Crippen MR) is 31.8 cm³/mol. The zero-order chi connectivity index (χ0) is 5.82. The molecule has 1 rings (SSSR count). The van der Waals surface area contributed by atoms with Crippen molar-refractivity contribution in [3.63, 3.8) is 0 Å². The van der Waals surface area contributed by atoms with Crippen LogP contribution < -0.4 is 0 Å². The Morgan fingerprint density at radius 1 is 1.67 bits per heavy atom. The van der Waals surface area contributed by atoms with Crippen molar-refractivity contribution in [2.45, 2.75) is 0 Å². The molecule has 0 atom stereocenters. The molecule has 0 spiro atoms. The Hall–Kier alpha value is -0.00610. The summed E-state index contributed by atoms with van der Waals surface area (Å²) >= 11 is 0. The molecule has 0 aliphatic rings. The Morgan fingerprint density at radius 2 is 2.44 bits per heavy atom. The smallest absolute Gasteiger partial charge is 0 e. The van der Waals surface area contributed by atoms with Crippen molar-refractivity contribution in [1.29, 1.82) is 0 Å². The molecular weight excluding hydrogens is 187 g/mol. The summed E-state index contributed by atoms with van der Waals surface area (Å²) < 4.78 is 0. The molecule has 0 N–H and O–H groups in total. The quantitative estimate of drug-likeness (QED) is 0.611. The van der Waals surface area contributed by atoms with Crippen molar-refractivity contribution in [1.82, 2.24) is 4.98 Å². The monoisotopic (exact) mass is 192 g/mol. The Bertz CT molecular complexity index is 172. The van der Waals surface area contributed by atoms with Gasteiger partial charge >= 0.3 is 0 Å². The minimum Gasteiger partial charge on any atom is -0.380 e. The summed E-state index contributed by atoms with van der Waals surface area (Å²) in [5.41, 5.74) is 0.826. The van der Waals surface area contributed by atoms with Crippen LogP contribution in [0.5, 0.6) is 0 Å². The number of rotatable bonds is 1. The van der Waals surface area contributed by atoms with E-state index in [1.807, 2.05) is 12.1 Å². The molecule has 0 aliphatic heterocycles. The molecule has 1 aromatic rings. The van der Waals surface area contributed by atoms with Crippen LogP contribution in [0.25, 0.3) is 6.08 Å². The van der Waals surface area contributed by atoms with Crippen molar-refractivity contribution >= 4 is 6.08 Å². The standard InChI is InChI=1S/C7H5N.Y/c1-2-7-4-3-5-8-6-7;/h1-5H;/q-2;. The molecule has 0 fully saturated rings. The summed E-state index contributed by atoms with van der Waals surface area (Å²) in [7, 11) is 0. The molecular formula is C7H5NY-2. The van der Waals surface area contributed by atoms with E-state index in [0.29, 0.717) is 0 Å². The predicted octanol–water partition coefficient (Wildman–Crippen LogP) is 1.33. The second-order valence-corrected chi connectivity index (χ2v) is 1.37. The van der Waals surface area contributed by atoms with Gasteiger partial charge in [-0.2, -0.15) is 0 Å². The zero-order valence-electron chi connectivity index (χ0n) is 4.91. The van der Waals surface area contributed by atoms with E-state index in [4.69, 9.17) is 6.58 Å². The SMILES string of the molecule is [CH-]=Cc1[c-]nccc1.[Y]. The van der Waals surface area contributed by atoms with E-state index in [1.54, 1.807) is 6.20 Å². The molecule has 0 aromatic carbocycles. The minimum atomic E-state index is 0. The summed E-state index contributed by atoms with van der Waals surface area (Å²) in [6, 6.07) is 3.65. The van der Waals surface area contributed by atoms with Crippen molar-refractivity contribution in [2.24, 2.45) is 0 Å². The second kappa shape index (κ2) is 4.83. The number of nitrogens with zero attached hydrogens (tertiary/aromatic N) is 1. The number of hydrogen-bond acceptors (Lipinski definition) is 1. The first-order valence-corrected chi connectivity index (χ1v) is 2.31. The number of aromatic nitrogens is 1. The second-order valence-electron chi connectivity index (χ2n) is 1.37. The molecule has 0 unspecified atom stereocenters. The van der Waals surface area contributed by atoms with Crippen LogP contribution >= 0.6 is 0 Å². The average molecular weight is 192 g/mol. The number of hydrogen-bond donors (Lipinski definition) is 0. The largest absolute Gasteiger partial charge is 0.380 e. The maximum absolute atomic E-state index is 5.15. The van der Waals surface area contributed by atoms with E-state index in [1.165, 1.54) is 6.08 Å². The van der Waals surface area contributed by atoms with E-state index < -0.39 is 0 Å². The fraction of sp³-hybridized carbons (Fsp3) is 0. The van der Waals surface area contributed by atoms with Crippen LogP contribution in [0.3, 0.4) is 0 Å². The first-order chi connectivity index (χ1) is 3.93. The first-order valence-electron chi connectivity index (χ1n) is 2.31. The zero-order valence-corrected chi connectivity index (χ0v) is 7.75. The molecule has 9 heavy (non-hydrogen) atoms. The molecule has 0 saturated heterocycles. The molecule has 1 radical (unpaired) electrons. The van der Waals surface area contributed by atoms with Gasteiger partial charge in [0.05, 0.1) is 0 Å². The Kier molecular flexibility index (Phi) is 4.83. The summed E-state index contributed by atoms with van der Waals surface area (Å²) in [4.78, 5) is 3.72. The van der Waals surface area contributed by atoms with Gasteiger partial charge < -0.3 is 17.6 Å². The average Bonchev–Trinajstić information content (AvgIpc) is 1.90. The third-order valence-corrected chi connectivity index (χ3v) is 0.810. The van der Waals surface area contributed by atoms with Crippen molar-refractivity contribution in [3.8, 4) is 0 Å². The van der Waals surface area contributed by atoms with Crippen LogP contribution in [0.1, 0.15) is 5.56 Å². The van der Waals surface area contributed by atoms with Gasteiger partial charge in [-0.05, 0) is 0 Å². The van der Waals surface area contributed by atoms with E-state index in [0.717, 1.165) is 5.56 Å². The summed E-state index contributed by atoms with van der Waals surface area (Å²) in [5, 5.41) is 0. The van der Waals surface area contributed by atoms with Gasteiger partial charge in [-0.25, -0.2) is 6.07 Å². The van der Waals surface area contributed by atoms with Gasteiger partial charge in [-0.3, -0.25) is 5.56 Å². The van der Waals surface area contributed by atoms with Gasteiger partial charge in [0.25, 0.3) is 0 Å². The van der Waals surface area contributed by atoms with Gasteiger partial charge in [0, 0.05) is 32.7 Å². The van der Waals surface area contributed by atoms with E-state index >= 15 is 0 Å². The van der Waals surface area contributed by atoms with E-state index in [9.17, 15) is 0 Å². The number of pyridine rings is 1. The third-order valence-electron chi connectivity index (χ3n) is 0.810. The molecule has 1 nitrogen and oxygen atoms in total. The fourth-order valence-electron chi connectivity index (χ4n) is 0.432. The summed E-state index contributed by atoms with van der Waals surface area (Å²) in [5.74, 6) is 0. The van der Waals surface area contributed by atoms with Gasteiger partial charge in [0.1, 0.15) is 0 Å². The van der Waals surface area contributed by atoms with Gasteiger partial charge in [0.15, 0.2) is 0 Å². The van der Waals surface area contributed by atoms with E-state index in [2.05, 4.69) is 11.2 Å². The Morgan fingerprint density at radius 3 is 2.78 bits per heavy atom. The summed E-state index contributed by atoms with van der Waals surface area (Å²) in [6.07, 6.45) is 5.81. The molecule has 43 valence electrons. The van der Waals surface area contributed by atoms with E-state index in [-0.39, 0.29) is 32.7 Å². The maximum atomic E-state index is 5.15. The molecule has 0 amide bonds. The van der Waals surface area contributed by atoms with Crippen LogP contribution in [0.15, 0.2) is 18.3 Å². The summed E-state index contributed by atoms with van der Waals surface area (Å²) in [6.45, 7) is 5.15. The molecule has 0 bridgehead atoms. The van der Waals surface area contributed by atoms with Crippen molar-refractivity contribution < 1.29 is 32.7 Å². The van der Waals surface area contributed by atoms with Crippen molar-refractivity contribution in [2.75, 3.05) is 0 Å². The molecule has 2 heteroatoms. The van der Waals surface area contributed by atoms with Crippen LogP contribution in [0.4, 0.5) is 0 Å². The van der Waals surface area contributed by atoms with Gasteiger partial charge in [0.2, 0.25) is 0 Å². The Labute approximate surface area is 80.1 Å². The maximum Gasteiger partial charge on any atom is 0 e. The molecule has 1 aromatic heterocycles.